The summed E-state index contributed by atoms with van der Waals surface area (Å²) in [6.07, 6.45) is 18.5. The molecule has 10 aromatic heterocycles. The largest absolute Gasteiger partial charge is 0.299 e. The van der Waals surface area contributed by atoms with Gasteiger partial charge in [-0.3, -0.25) is 51.7 Å². The predicted molar refractivity (Wildman–Crippen MR) is 476 cm³/mol. The van der Waals surface area contributed by atoms with Crippen LogP contribution in [0.25, 0.3) is 59.4 Å². The number of benzene rings is 5. The van der Waals surface area contributed by atoms with Crippen molar-refractivity contribution < 1.29 is 8.78 Å². The third-order valence-corrected chi connectivity index (χ3v) is 22.7. The lowest BCUT2D eigenvalue weighted by molar-refractivity contribution is -0.0363. The minimum Gasteiger partial charge on any atom is -0.299 e. The molecular formula is C101H81F2N17O5. The van der Waals surface area contributed by atoms with Gasteiger partial charge in [0.05, 0.1) is 61.1 Å². The first-order valence-electron chi connectivity index (χ1n) is 41.8. The van der Waals surface area contributed by atoms with Gasteiger partial charge in [0.25, 0.3) is 40.4 Å². The number of pyridine rings is 5. The highest BCUT2D eigenvalue weighted by Gasteiger charge is 2.44. The minimum atomic E-state index is -2.86. The molecule has 0 spiro atoms. The third-order valence-electron chi connectivity index (χ3n) is 22.7. The lowest BCUT2D eigenvalue weighted by atomic mass is 10.0. The summed E-state index contributed by atoms with van der Waals surface area (Å²) in [7, 11) is 0. The fourth-order valence-corrected chi connectivity index (χ4v) is 16.0. The van der Waals surface area contributed by atoms with Crippen LogP contribution in [0.2, 0.25) is 0 Å². The Labute approximate surface area is 717 Å². The third kappa shape index (κ3) is 19.5. The van der Waals surface area contributed by atoms with E-state index < -0.39 is 18.0 Å². The number of alkyl halides is 2. The Kier molecular flexibility index (Phi) is 24.5. The molecule has 125 heavy (non-hydrogen) atoms. The molecule has 1 fully saturated rings. The van der Waals surface area contributed by atoms with Gasteiger partial charge in [0.2, 0.25) is 0 Å². The van der Waals surface area contributed by atoms with E-state index in [0.29, 0.717) is 98.8 Å². The number of hydrogen-bond donors (Lipinski definition) is 0. The van der Waals surface area contributed by atoms with Crippen LogP contribution in [0, 0.1) is 77.6 Å². The zero-order valence-electron chi connectivity index (χ0n) is 68.5. The number of halogens is 2. The molecule has 6 aliphatic rings. The summed E-state index contributed by atoms with van der Waals surface area (Å²) < 4.78 is 35.5. The molecule has 24 heteroatoms. The average molecular weight is 1650 g/mol. The van der Waals surface area contributed by atoms with E-state index in [9.17, 15) is 32.8 Å². The van der Waals surface area contributed by atoms with Gasteiger partial charge in [-0.2, -0.15) is 0 Å². The highest BCUT2D eigenvalue weighted by Crippen LogP contribution is 2.51. The number of rotatable bonds is 1. The van der Waals surface area contributed by atoms with Gasteiger partial charge in [-0.25, -0.2) is 70.1 Å². The normalized spacial score (nSPS) is 16.0. The smallest absolute Gasteiger partial charge is 0.270 e. The van der Waals surface area contributed by atoms with Crippen LogP contribution in [0.1, 0.15) is 150 Å². The molecule has 3 atom stereocenters. The number of hydrogen-bond acceptors (Lipinski definition) is 16. The Morgan fingerprint density at radius 2 is 0.768 bits per heavy atom. The summed E-state index contributed by atoms with van der Waals surface area (Å²) in [5, 5.41) is 2.94. The predicted octanol–water partition coefficient (Wildman–Crippen LogP) is 13.5. The highest BCUT2D eigenvalue weighted by atomic mass is 19.3. The van der Waals surface area contributed by atoms with Crippen LogP contribution in [0.3, 0.4) is 0 Å². The maximum atomic E-state index is 13.6. The summed E-state index contributed by atoms with van der Waals surface area (Å²) in [6, 6.07) is 55.4. The van der Waals surface area contributed by atoms with E-state index in [1.807, 2.05) is 165 Å². The van der Waals surface area contributed by atoms with Gasteiger partial charge in [0.15, 0.2) is 0 Å². The monoisotopic (exact) mass is 1650 g/mol. The van der Waals surface area contributed by atoms with Crippen LogP contribution in [0.5, 0.6) is 0 Å². The molecule has 0 bridgehead atoms. The summed E-state index contributed by atoms with van der Waals surface area (Å²) in [4.78, 5) is 113. The van der Waals surface area contributed by atoms with Gasteiger partial charge in [-0.15, -0.1) is 0 Å². The Hall–Kier alpha value is -15.3. The molecule has 22 nitrogen and oxygen atoms in total. The zero-order chi connectivity index (χ0) is 85.8. The minimum absolute atomic E-state index is 0.0242. The second-order valence-corrected chi connectivity index (χ2v) is 31.5. The van der Waals surface area contributed by atoms with E-state index >= 15 is 0 Å². The van der Waals surface area contributed by atoms with Crippen molar-refractivity contribution in [3.63, 3.8) is 0 Å². The molecule has 0 radical (unpaired) electrons. The van der Waals surface area contributed by atoms with Crippen LogP contribution < -0.4 is 27.8 Å². The SMILES string of the molecule is CC1CCCn2c(nc3cc(C#Cc4ccccn4)ccc3c2=O)C1.O=c1c2ccc(C#Cc3ccccn3)cc2nc2n1CC(F)(F)CC2.O=c1c2ccc(C#Cc3ccccn3)cc2nc2n1CCC1CC21.O=c1c2ccc(C#Cc3ccccn3)cc2nc2n1CCCCC2.[C-]#[N+]CN1CCc2nc3cc(C#Cc4ccccn4)ccc3c(=O)n2CC1. The van der Waals surface area contributed by atoms with Crippen LogP contribution in [0.15, 0.2) is 237 Å². The van der Waals surface area contributed by atoms with Gasteiger partial charge in [-0.1, -0.05) is 73.3 Å². The van der Waals surface area contributed by atoms with E-state index in [-0.39, 0.29) is 35.1 Å². The number of aromatic nitrogens is 15. The van der Waals surface area contributed by atoms with Gasteiger partial charge in [0.1, 0.15) is 57.6 Å². The van der Waals surface area contributed by atoms with Gasteiger partial charge >= 0.3 is 0 Å². The first kappa shape index (κ1) is 82.0. The van der Waals surface area contributed by atoms with Crippen molar-refractivity contribution in [1.82, 2.24) is 77.6 Å². The fraction of sp³-hybridized carbons (Fsp3) is 0.248. The Morgan fingerprint density at radius 1 is 0.384 bits per heavy atom. The van der Waals surface area contributed by atoms with Crippen molar-refractivity contribution in [3.05, 3.63) is 362 Å². The maximum Gasteiger partial charge on any atom is 0.270 e. The quantitative estimate of drug-likeness (QED) is 0.109. The molecule has 614 valence electrons. The van der Waals surface area contributed by atoms with Crippen molar-refractivity contribution in [3.8, 4) is 59.2 Å². The van der Waals surface area contributed by atoms with E-state index in [1.165, 1.54) is 6.42 Å². The van der Waals surface area contributed by atoms with Crippen molar-refractivity contribution >= 4 is 54.5 Å². The highest BCUT2D eigenvalue weighted by molar-refractivity contribution is 5.83. The Bertz CT molecular complexity index is 7400. The zero-order valence-corrected chi connectivity index (χ0v) is 68.5. The summed E-state index contributed by atoms with van der Waals surface area (Å²) in [6.45, 7) is 13.3. The van der Waals surface area contributed by atoms with E-state index in [2.05, 4.69) is 106 Å². The second-order valence-electron chi connectivity index (χ2n) is 31.5. The first-order chi connectivity index (χ1) is 61.1. The maximum absolute atomic E-state index is 13.6. The summed E-state index contributed by atoms with van der Waals surface area (Å²) in [5.74, 6) is 33.4. The molecule has 21 rings (SSSR count). The summed E-state index contributed by atoms with van der Waals surface area (Å²) >= 11 is 0. The van der Waals surface area contributed by atoms with E-state index in [4.69, 9.17) is 26.5 Å². The topological polar surface area (TPSA) is 246 Å². The van der Waals surface area contributed by atoms with Gasteiger partial charge in [-0.05, 0) is 232 Å². The fourth-order valence-electron chi connectivity index (χ4n) is 16.0. The molecule has 0 saturated heterocycles. The molecule has 5 aromatic carbocycles. The van der Waals surface area contributed by atoms with Crippen molar-refractivity contribution in [2.45, 2.75) is 129 Å². The van der Waals surface area contributed by atoms with Crippen LogP contribution in [0.4, 0.5) is 8.78 Å². The molecule has 1 aliphatic carbocycles. The Balaban J connectivity index is 0.000000111. The second kappa shape index (κ2) is 37.3. The number of nitrogens with zero attached hydrogens (tertiary/aromatic N) is 17. The standard InChI is InChI=1S/C21H17N5O.C21H19N3O.C20H15N3O.C20H17N3O.C19H13F2N3O/c1-22-15-25-11-9-20-24-19-14-16(5-7-17-4-2-3-10-23-17)6-8-18(19)21(27)26(20)13-12-25;1-15-5-4-12-24-20(13-15)23-19-14-16(8-10-18(19)21(24)25)7-9-17-6-2-3-11-22-17;24-20-16-7-5-13(4-6-15-3-1-2-9-21-15)11-18(16)22-19-17-12-14(17)8-10-23(19)20;24-20-17-11-9-15(8-10-16-6-3-4-12-21-16)14-18(17)22-19-7-2-1-5-13-23(19)20;20-19(21)9-8-17-23-16-11-13(4-6-14-3-1-2-10-22-14)5-7-15(16)18(25)24(17)12-19/h2-4,6,8,10,14H,9,11-13,15H2;2-3,6,8,10-11,14-15H,4-5,12-13H2,1H3;1-3,5,7,9,11,14,17H,8,10,12H2;3-4,6,9,11-12,14H,1-2,5,7,13H2;1-3,5,7,10-11H,8-9,12H2. The number of fused-ring (bicyclic) bond motifs is 12. The molecule has 5 aliphatic heterocycles. The van der Waals surface area contributed by atoms with Crippen LogP contribution in [-0.4, -0.2) is 103 Å². The molecule has 3 unspecified atom stereocenters. The van der Waals surface area contributed by atoms with Crippen LogP contribution in [-0.2, 0) is 58.4 Å². The lowest BCUT2D eigenvalue weighted by Gasteiger charge is -2.25. The summed E-state index contributed by atoms with van der Waals surface area (Å²) in [5.41, 5.74) is 10.7. The number of aryl methyl sites for hydroxylation is 2. The van der Waals surface area contributed by atoms with Crippen LogP contribution >= 0.6 is 0 Å². The molecule has 15 heterocycles. The molecular weight excluding hydrogens is 1570 g/mol. The average Bonchev–Trinajstić information content (AvgIpc) is 1.58. The Morgan fingerprint density at radius 3 is 1.20 bits per heavy atom. The van der Waals surface area contributed by atoms with E-state index in [1.54, 1.807) is 65.9 Å². The first-order valence-corrected chi connectivity index (χ1v) is 41.8. The van der Waals surface area contributed by atoms with E-state index in [0.717, 1.165) is 167 Å². The van der Waals surface area contributed by atoms with Gasteiger partial charge < -0.3 is 0 Å². The molecule has 0 amide bonds. The van der Waals surface area contributed by atoms with Crippen molar-refractivity contribution in [1.29, 1.82) is 0 Å². The lowest BCUT2D eigenvalue weighted by Crippen LogP contribution is -2.38. The van der Waals surface area contributed by atoms with Gasteiger partial charge in [0, 0.05) is 136 Å². The molecule has 1 saturated carbocycles. The van der Waals surface area contributed by atoms with Crippen molar-refractivity contribution in [2.24, 2.45) is 11.8 Å². The van der Waals surface area contributed by atoms with Crippen molar-refractivity contribution in [2.75, 3.05) is 19.8 Å². The molecule has 15 aromatic rings. The molecule has 0 N–H and O–H groups in total.